The van der Waals surface area contributed by atoms with Gasteiger partial charge < -0.3 is 9.84 Å². The highest BCUT2D eigenvalue weighted by atomic mass is 19.1. The zero-order valence-electron chi connectivity index (χ0n) is 12.2. The molecular weight excluding hydrogens is 285 g/mol. The van der Waals surface area contributed by atoms with Gasteiger partial charge in [-0.3, -0.25) is 4.79 Å². The van der Waals surface area contributed by atoms with Crippen LogP contribution in [0.25, 0.3) is 22.4 Å². The minimum Gasteiger partial charge on any atom is -0.352 e. The first-order valence-electron chi connectivity index (χ1n) is 6.91. The van der Waals surface area contributed by atoms with Crippen molar-refractivity contribution >= 4 is 17.0 Å². The predicted octanol–water partition coefficient (Wildman–Crippen LogP) is 3.09. The van der Waals surface area contributed by atoms with Crippen LogP contribution in [0.5, 0.6) is 0 Å². The summed E-state index contributed by atoms with van der Waals surface area (Å²) in [4.78, 5) is 16.6. The van der Waals surface area contributed by atoms with Gasteiger partial charge in [0.05, 0.1) is 22.3 Å². The standard InChI is InChI=1S/C16H14FN3O2/c1-3-18-15(21)12-8-13(10-4-6-11(17)7-5-10)19-16-14(12)9(2)20-22-16/h4-8H,3H2,1-2H3,(H,18,21). The Kier molecular flexibility index (Phi) is 3.58. The van der Waals surface area contributed by atoms with Crippen molar-refractivity contribution in [1.82, 2.24) is 15.5 Å². The van der Waals surface area contributed by atoms with Gasteiger partial charge in [0.1, 0.15) is 5.82 Å². The van der Waals surface area contributed by atoms with Crippen LogP contribution in [0.15, 0.2) is 34.9 Å². The number of aryl methyl sites for hydroxylation is 1. The van der Waals surface area contributed by atoms with Gasteiger partial charge in [0, 0.05) is 12.1 Å². The third-order valence-corrected chi connectivity index (χ3v) is 3.34. The summed E-state index contributed by atoms with van der Waals surface area (Å²) in [5.41, 5.74) is 2.58. The molecular formula is C16H14FN3O2. The Labute approximate surface area is 126 Å². The molecule has 0 bridgehead atoms. The van der Waals surface area contributed by atoms with E-state index in [4.69, 9.17) is 4.52 Å². The van der Waals surface area contributed by atoms with Crippen molar-refractivity contribution in [2.45, 2.75) is 13.8 Å². The molecule has 3 aromatic rings. The lowest BCUT2D eigenvalue weighted by Gasteiger charge is -2.07. The minimum atomic E-state index is -0.329. The van der Waals surface area contributed by atoms with E-state index in [2.05, 4.69) is 15.5 Å². The fourth-order valence-electron chi connectivity index (χ4n) is 2.30. The third kappa shape index (κ3) is 2.43. The Morgan fingerprint density at radius 2 is 2.05 bits per heavy atom. The van der Waals surface area contributed by atoms with Crippen LogP contribution >= 0.6 is 0 Å². The number of hydrogen-bond acceptors (Lipinski definition) is 4. The van der Waals surface area contributed by atoms with Crippen LogP contribution < -0.4 is 5.32 Å². The average Bonchev–Trinajstić information content (AvgIpc) is 2.89. The lowest BCUT2D eigenvalue weighted by molar-refractivity contribution is 0.0957. The molecule has 1 aromatic carbocycles. The van der Waals surface area contributed by atoms with Crippen LogP contribution in [0.3, 0.4) is 0 Å². The number of carbonyl (C=O) groups is 1. The second-order valence-corrected chi connectivity index (χ2v) is 4.87. The summed E-state index contributed by atoms with van der Waals surface area (Å²) < 4.78 is 18.2. The largest absolute Gasteiger partial charge is 0.352 e. The number of carbonyl (C=O) groups excluding carboxylic acids is 1. The molecule has 0 aliphatic rings. The molecule has 0 atom stereocenters. The zero-order chi connectivity index (χ0) is 15.7. The smallest absolute Gasteiger partial charge is 0.259 e. The molecule has 0 fully saturated rings. The van der Waals surface area contributed by atoms with E-state index in [0.29, 0.717) is 40.2 Å². The Balaban J connectivity index is 2.20. The first-order chi connectivity index (χ1) is 10.6. The normalized spacial score (nSPS) is 10.9. The van der Waals surface area contributed by atoms with E-state index in [9.17, 15) is 9.18 Å². The predicted molar refractivity (Wildman–Crippen MR) is 79.9 cm³/mol. The number of benzene rings is 1. The lowest BCUT2D eigenvalue weighted by atomic mass is 10.1. The van der Waals surface area contributed by atoms with Crippen LogP contribution in [0.2, 0.25) is 0 Å². The van der Waals surface area contributed by atoms with Crippen LogP contribution in [-0.2, 0) is 0 Å². The highest BCUT2D eigenvalue weighted by molar-refractivity contribution is 6.06. The van der Waals surface area contributed by atoms with Gasteiger partial charge in [-0.05, 0) is 44.2 Å². The van der Waals surface area contributed by atoms with Crippen molar-refractivity contribution in [3.8, 4) is 11.3 Å². The van der Waals surface area contributed by atoms with Crippen LogP contribution in [0.1, 0.15) is 23.0 Å². The van der Waals surface area contributed by atoms with Gasteiger partial charge in [0.25, 0.3) is 11.6 Å². The Hall–Kier alpha value is -2.76. The molecule has 0 spiro atoms. The van der Waals surface area contributed by atoms with Crippen molar-refractivity contribution in [1.29, 1.82) is 0 Å². The van der Waals surface area contributed by atoms with Gasteiger partial charge in [0.2, 0.25) is 0 Å². The summed E-state index contributed by atoms with van der Waals surface area (Å²) in [6, 6.07) is 7.57. The molecule has 0 aliphatic carbocycles. The molecule has 0 unspecified atom stereocenters. The van der Waals surface area contributed by atoms with Gasteiger partial charge in [0.15, 0.2) is 0 Å². The van der Waals surface area contributed by atoms with E-state index < -0.39 is 0 Å². The van der Waals surface area contributed by atoms with E-state index in [1.807, 2.05) is 6.92 Å². The zero-order valence-corrected chi connectivity index (χ0v) is 12.2. The number of pyridine rings is 1. The maximum absolute atomic E-state index is 13.1. The summed E-state index contributed by atoms with van der Waals surface area (Å²) in [6.07, 6.45) is 0. The van der Waals surface area contributed by atoms with Gasteiger partial charge in [-0.1, -0.05) is 5.16 Å². The number of nitrogens with zero attached hydrogens (tertiary/aromatic N) is 2. The molecule has 3 rings (SSSR count). The SMILES string of the molecule is CCNC(=O)c1cc(-c2ccc(F)cc2)nc2onc(C)c12. The lowest BCUT2D eigenvalue weighted by Crippen LogP contribution is -2.23. The number of hydrogen-bond donors (Lipinski definition) is 1. The molecule has 6 heteroatoms. The summed E-state index contributed by atoms with van der Waals surface area (Å²) in [5.74, 6) is -0.547. The van der Waals surface area contributed by atoms with Crippen molar-refractivity contribution in [3.63, 3.8) is 0 Å². The maximum atomic E-state index is 13.1. The minimum absolute atomic E-state index is 0.218. The van der Waals surface area contributed by atoms with E-state index in [1.54, 1.807) is 25.1 Å². The summed E-state index contributed by atoms with van der Waals surface area (Å²) in [7, 11) is 0. The number of nitrogens with one attached hydrogen (secondary N) is 1. The van der Waals surface area contributed by atoms with Gasteiger partial charge in [-0.15, -0.1) is 0 Å². The van der Waals surface area contributed by atoms with E-state index >= 15 is 0 Å². The molecule has 22 heavy (non-hydrogen) atoms. The Bertz CT molecular complexity index is 840. The van der Waals surface area contributed by atoms with Crippen molar-refractivity contribution in [2.75, 3.05) is 6.54 Å². The molecule has 112 valence electrons. The quantitative estimate of drug-likeness (QED) is 0.807. The number of aromatic nitrogens is 2. The maximum Gasteiger partial charge on any atom is 0.259 e. The van der Waals surface area contributed by atoms with E-state index in [0.717, 1.165) is 0 Å². The molecule has 5 nitrogen and oxygen atoms in total. The number of halogens is 1. The molecule has 1 amide bonds. The topological polar surface area (TPSA) is 68.0 Å². The Morgan fingerprint density at radius 1 is 1.32 bits per heavy atom. The summed E-state index contributed by atoms with van der Waals surface area (Å²) >= 11 is 0. The molecule has 2 aromatic heterocycles. The number of amides is 1. The van der Waals surface area contributed by atoms with Crippen molar-refractivity contribution in [2.24, 2.45) is 0 Å². The second kappa shape index (κ2) is 5.55. The molecule has 0 aliphatic heterocycles. The van der Waals surface area contributed by atoms with Gasteiger partial charge in [-0.25, -0.2) is 9.37 Å². The van der Waals surface area contributed by atoms with Gasteiger partial charge in [-0.2, -0.15) is 0 Å². The van der Waals surface area contributed by atoms with E-state index in [1.165, 1.54) is 12.1 Å². The molecule has 0 radical (unpaired) electrons. The summed E-state index contributed by atoms with van der Waals surface area (Å²) in [6.45, 7) is 4.12. The first-order valence-corrected chi connectivity index (χ1v) is 6.91. The second-order valence-electron chi connectivity index (χ2n) is 4.87. The highest BCUT2D eigenvalue weighted by Crippen LogP contribution is 2.27. The Morgan fingerprint density at radius 3 is 2.73 bits per heavy atom. The fraction of sp³-hybridized carbons (Fsp3) is 0.188. The third-order valence-electron chi connectivity index (χ3n) is 3.34. The van der Waals surface area contributed by atoms with Crippen LogP contribution in [0, 0.1) is 12.7 Å². The molecule has 0 saturated carbocycles. The van der Waals surface area contributed by atoms with Crippen molar-refractivity contribution in [3.05, 3.63) is 47.4 Å². The van der Waals surface area contributed by atoms with Gasteiger partial charge >= 0.3 is 0 Å². The van der Waals surface area contributed by atoms with Crippen LogP contribution in [-0.4, -0.2) is 22.6 Å². The molecule has 0 saturated heterocycles. The average molecular weight is 299 g/mol. The molecule has 2 heterocycles. The monoisotopic (exact) mass is 299 g/mol. The molecule has 1 N–H and O–H groups in total. The number of fused-ring (bicyclic) bond motifs is 1. The van der Waals surface area contributed by atoms with Crippen LogP contribution in [0.4, 0.5) is 4.39 Å². The first kappa shape index (κ1) is 14.2. The summed E-state index contributed by atoms with van der Waals surface area (Å²) in [5, 5.41) is 7.23. The highest BCUT2D eigenvalue weighted by Gasteiger charge is 2.18. The van der Waals surface area contributed by atoms with Crippen molar-refractivity contribution < 1.29 is 13.7 Å². The van der Waals surface area contributed by atoms with E-state index in [-0.39, 0.29) is 11.7 Å². The fourth-order valence-corrected chi connectivity index (χ4v) is 2.30. The number of rotatable bonds is 3.